The lowest BCUT2D eigenvalue weighted by Crippen LogP contribution is -2.56. The summed E-state index contributed by atoms with van der Waals surface area (Å²) in [4.78, 5) is 14.1. The number of benzene rings is 1. The van der Waals surface area contributed by atoms with Gasteiger partial charge in [-0.2, -0.15) is 0 Å². The average Bonchev–Trinajstić information content (AvgIpc) is 2.29. The minimum absolute atomic E-state index is 0.233. The van der Waals surface area contributed by atoms with Crippen LogP contribution in [0.2, 0.25) is 0 Å². The van der Waals surface area contributed by atoms with E-state index in [4.69, 9.17) is 0 Å². The highest BCUT2D eigenvalue weighted by molar-refractivity contribution is 5.79. The van der Waals surface area contributed by atoms with E-state index < -0.39 is 0 Å². The summed E-state index contributed by atoms with van der Waals surface area (Å²) in [6, 6.07) is 10.7. The van der Waals surface area contributed by atoms with Gasteiger partial charge >= 0.3 is 0 Å². The number of carbonyl (C=O) groups excluding carboxylic acids is 1. The molecule has 17 heavy (non-hydrogen) atoms. The van der Waals surface area contributed by atoms with Crippen LogP contribution in [0, 0.1) is 0 Å². The van der Waals surface area contributed by atoms with Crippen molar-refractivity contribution in [2.45, 2.75) is 32.4 Å². The fourth-order valence-electron chi connectivity index (χ4n) is 2.41. The maximum atomic E-state index is 12.2. The molecule has 0 aromatic heterocycles. The number of piperazine rings is 1. The SMILES string of the molecule is CC1CN(C(=O)Cc2ccccc2)CC(C)N1. The van der Waals surface area contributed by atoms with E-state index in [1.54, 1.807) is 0 Å². The smallest absolute Gasteiger partial charge is 0.227 e. The Hall–Kier alpha value is -1.35. The lowest BCUT2D eigenvalue weighted by molar-refractivity contribution is -0.132. The third-order valence-electron chi connectivity index (χ3n) is 3.11. The van der Waals surface area contributed by atoms with E-state index in [0.717, 1.165) is 18.7 Å². The lowest BCUT2D eigenvalue weighted by atomic mass is 10.1. The maximum absolute atomic E-state index is 12.2. The minimum atomic E-state index is 0.233. The molecule has 0 saturated carbocycles. The zero-order valence-corrected chi connectivity index (χ0v) is 10.5. The summed E-state index contributed by atoms with van der Waals surface area (Å²) >= 11 is 0. The van der Waals surface area contributed by atoms with Crippen LogP contribution >= 0.6 is 0 Å². The number of hydrogen-bond donors (Lipinski definition) is 1. The first-order valence-corrected chi connectivity index (χ1v) is 6.23. The second-order valence-electron chi connectivity index (χ2n) is 4.93. The minimum Gasteiger partial charge on any atom is -0.339 e. The largest absolute Gasteiger partial charge is 0.339 e. The second kappa shape index (κ2) is 5.32. The van der Waals surface area contributed by atoms with Gasteiger partial charge in [-0.05, 0) is 19.4 Å². The molecule has 2 atom stereocenters. The monoisotopic (exact) mass is 232 g/mol. The summed E-state index contributed by atoms with van der Waals surface area (Å²) in [5, 5.41) is 3.43. The van der Waals surface area contributed by atoms with Crippen LogP contribution in [0.5, 0.6) is 0 Å². The van der Waals surface area contributed by atoms with E-state index >= 15 is 0 Å². The van der Waals surface area contributed by atoms with Gasteiger partial charge in [-0.3, -0.25) is 4.79 Å². The fourth-order valence-corrected chi connectivity index (χ4v) is 2.41. The van der Waals surface area contributed by atoms with Gasteiger partial charge in [0.05, 0.1) is 6.42 Å². The molecule has 1 heterocycles. The average molecular weight is 232 g/mol. The molecular formula is C14H20N2O. The Morgan fingerprint density at radius 2 is 1.82 bits per heavy atom. The summed E-state index contributed by atoms with van der Waals surface area (Å²) in [5.41, 5.74) is 1.09. The molecule has 1 amide bonds. The van der Waals surface area contributed by atoms with Crippen molar-refractivity contribution in [2.75, 3.05) is 13.1 Å². The van der Waals surface area contributed by atoms with E-state index in [9.17, 15) is 4.79 Å². The van der Waals surface area contributed by atoms with Gasteiger partial charge < -0.3 is 10.2 Å². The van der Waals surface area contributed by atoms with Crippen LogP contribution in [0.15, 0.2) is 30.3 Å². The van der Waals surface area contributed by atoms with Crippen LogP contribution in [0.1, 0.15) is 19.4 Å². The van der Waals surface area contributed by atoms with Gasteiger partial charge in [0.15, 0.2) is 0 Å². The number of rotatable bonds is 2. The number of nitrogens with zero attached hydrogens (tertiary/aromatic N) is 1. The summed E-state index contributed by atoms with van der Waals surface area (Å²) < 4.78 is 0. The molecule has 1 aromatic carbocycles. The molecule has 1 aliphatic heterocycles. The first kappa shape index (κ1) is 12.1. The predicted molar refractivity (Wildman–Crippen MR) is 68.8 cm³/mol. The molecule has 0 spiro atoms. The van der Waals surface area contributed by atoms with Crippen LogP contribution in [-0.4, -0.2) is 36.0 Å². The Morgan fingerprint density at radius 1 is 1.24 bits per heavy atom. The molecule has 3 heteroatoms. The molecule has 1 fully saturated rings. The van der Waals surface area contributed by atoms with Crippen molar-refractivity contribution in [3.05, 3.63) is 35.9 Å². The molecule has 0 aliphatic carbocycles. The molecule has 0 bridgehead atoms. The highest BCUT2D eigenvalue weighted by atomic mass is 16.2. The van der Waals surface area contributed by atoms with Crippen molar-refractivity contribution in [1.29, 1.82) is 0 Å². The number of amides is 1. The zero-order valence-electron chi connectivity index (χ0n) is 10.5. The third kappa shape index (κ3) is 3.30. The summed E-state index contributed by atoms with van der Waals surface area (Å²) in [6.07, 6.45) is 0.514. The fraction of sp³-hybridized carbons (Fsp3) is 0.500. The summed E-state index contributed by atoms with van der Waals surface area (Å²) in [6.45, 7) is 5.88. The Morgan fingerprint density at radius 3 is 2.41 bits per heavy atom. The highest BCUT2D eigenvalue weighted by Crippen LogP contribution is 2.08. The van der Waals surface area contributed by atoms with Gasteiger partial charge in [-0.15, -0.1) is 0 Å². The van der Waals surface area contributed by atoms with E-state index in [1.807, 2.05) is 35.2 Å². The van der Waals surface area contributed by atoms with Gasteiger partial charge in [0.1, 0.15) is 0 Å². The molecule has 2 rings (SSSR count). The lowest BCUT2D eigenvalue weighted by Gasteiger charge is -2.36. The maximum Gasteiger partial charge on any atom is 0.227 e. The molecule has 2 unspecified atom stereocenters. The van der Waals surface area contributed by atoms with Crippen molar-refractivity contribution in [3.8, 4) is 0 Å². The Bertz CT molecular complexity index is 367. The van der Waals surface area contributed by atoms with Crippen LogP contribution in [-0.2, 0) is 11.2 Å². The van der Waals surface area contributed by atoms with Gasteiger partial charge in [0.2, 0.25) is 5.91 Å². The van der Waals surface area contributed by atoms with Gasteiger partial charge in [-0.25, -0.2) is 0 Å². The standard InChI is InChI=1S/C14H20N2O/c1-11-9-16(10-12(2)15-11)14(17)8-13-6-4-3-5-7-13/h3-7,11-12,15H,8-10H2,1-2H3. The van der Waals surface area contributed by atoms with Crippen molar-refractivity contribution in [1.82, 2.24) is 10.2 Å². The predicted octanol–water partition coefficient (Wildman–Crippen LogP) is 1.44. The quantitative estimate of drug-likeness (QED) is 0.837. The van der Waals surface area contributed by atoms with Crippen molar-refractivity contribution >= 4 is 5.91 Å². The second-order valence-corrected chi connectivity index (χ2v) is 4.93. The topological polar surface area (TPSA) is 32.3 Å². The third-order valence-corrected chi connectivity index (χ3v) is 3.11. The normalized spacial score (nSPS) is 24.7. The molecule has 1 N–H and O–H groups in total. The van der Waals surface area contributed by atoms with Crippen LogP contribution in [0.4, 0.5) is 0 Å². The molecule has 92 valence electrons. The van der Waals surface area contributed by atoms with E-state index in [1.165, 1.54) is 0 Å². The van der Waals surface area contributed by atoms with Crippen LogP contribution in [0.3, 0.4) is 0 Å². The van der Waals surface area contributed by atoms with E-state index in [2.05, 4.69) is 19.2 Å². The summed E-state index contributed by atoms with van der Waals surface area (Å²) in [5.74, 6) is 0.233. The number of hydrogen-bond acceptors (Lipinski definition) is 2. The van der Waals surface area contributed by atoms with Crippen LogP contribution in [0.25, 0.3) is 0 Å². The van der Waals surface area contributed by atoms with E-state index in [0.29, 0.717) is 18.5 Å². The van der Waals surface area contributed by atoms with Crippen molar-refractivity contribution in [3.63, 3.8) is 0 Å². The highest BCUT2D eigenvalue weighted by Gasteiger charge is 2.24. The van der Waals surface area contributed by atoms with E-state index in [-0.39, 0.29) is 5.91 Å². The molecule has 1 saturated heterocycles. The summed E-state index contributed by atoms with van der Waals surface area (Å²) in [7, 11) is 0. The molecule has 3 nitrogen and oxygen atoms in total. The molecule has 1 aromatic rings. The molecular weight excluding hydrogens is 212 g/mol. The van der Waals surface area contributed by atoms with Crippen molar-refractivity contribution in [2.24, 2.45) is 0 Å². The Balaban J connectivity index is 1.96. The molecule has 1 aliphatic rings. The van der Waals surface area contributed by atoms with Gasteiger partial charge in [0, 0.05) is 25.2 Å². The van der Waals surface area contributed by atoms with Crippen molar-refractivity contribution < 1.29 is 4.79 Å². The zero-order chi connectivity index (χ0) is 12.3. The Labute approximate surface area is 103 Å². The molecule has 0 radical (unpaired) electrons. The van der Waals surface area contributed by atoms with Gasteiger partial charge in [0.25, 0.3) is 0 Å². The Kier molecular flexibility index (Phi) is 3.79. The van der Waals surface area contributed by atoms with Gasteiger partial charge in [-0.1, -0.05) is 30.3 Å². The first-order chi connectivity index (χ1) is 8.15. The van der Waals surface area contributed by atoms with Crippen LogP contribution < -0.4 is 5.32 Å². The first-order valence-electron chi connectivity index (χ1n) is 6.23. The number of carbonyl (C=O) groups is 1. The number of nitrogens with one attached hydrogen (secondary N) is 1.